The number of carbonyl (C=O) groups excluding carboxylic acids is 1. The number of nitrogens with zero attached hydrogens (tertiary/aromatic N) is 1. The lowest BCUT2D eigenvalue weighted by molar-refractivity contribution is -0.0672. The van der Waals surface area contributed by atoms with Crippen molar-refractivity contribution in [3.8, 4) is 0 Å². The van der Waals surface area contributed by atoms with Gasteiger partial charge in [0.05, 0.1) is 12.2 Å². The predicted molar refractivity (Wildman–Crippen MR) is 75.1 cm³/mol. The van der Waals surface area contributed by atoms with E-state index in [4.69, 9.17) is 4.74 Å². The molecule has 2 N–H and O–H groups in total. The zero-order valence-corrected chi connectivity index (χ0v) is 11.9. The monoisotopic (exact) mass is 267 g/mol. The van der Waals surface area contributed by atoms with Gasteiger partial charge in [-0.3, -0.25) is 4.90 Å². The van der Waals surface area contributed by atoms with E-state index in [1.165, 1.54) is 0 Å². The maximum absolute atomic E-state index is 11.7. The summed E-state index contributed by atoms with van der Waals surface area (Å²) in [6, 6.07) is 0.228. The van der Waals surface area contributed by atoms with E-state index in [0.717, 1.165) is 32.5 Å². The average molecular weight is 267 g/mol. The van der Waals surface area contributed by atoms with Crippen LogP contribution in [-0.2, 0) is 4.74 Å². The third kappa shape index (κ3) is 4.84. The van der Waals surface area contributed by atoms with Crippen LogP contribution in [0.2, 0.25) is 0 Å². The van der Waals surface area contributed by atoms with Crippen LogP contribution < -0.4 is 10.6 Å². The Morgan fingerprint density at radius 3 is 2.53 bits per heavy atom. The molecule has 2 rings (SSSR count). The molecule has 1 heterocycles. The highest BCUT2D eigenvalue weighted by atomic mass is 16.5. The lowest BCUT2D eigenvalue weighted by atomic mass is 10.2. The molecule has 5 heteroatoms. The molecule has 0 aromatic carbocycles. The van der Waals surface area contributed by atoms with Crippen molar-refractivity contribution in [3.05, 3.63) is 12.2 Å². The molecule has 1 saturated heterocycles. The van der Waals surface area contributed by atoms with Crippen LogP contribution in [0.15, 0.2) is 12.2 Å². The Balaban J connectivity index is 1.59. The van der Waals surface area contributed by atoms with Crippen molar-refractivity contribution in [3.63, 3.8) is 0 Å². The van der Waals surface area contributed by atoms with Gasteiger partial charge >= 0.3 is 6.03 Å². The first kappa shape index (κ1) is 14.3. The number of urea groups is 1. The zero-order valence-electron chi connectivity index (χ0n) is 11.9. The van der Waals surface area contributed by atoms with Gasteiger partial charge in [0.2, 0.25) is 0 Å². The molecule has 108 valence electrons. The second-order valence-corrected chi connectivity index (χ2v) is 5.56. The summed E-state index contributed by atoms with van der Waals surface area (Å²) in [5, 5.41) is 5.90. The van der Waals surface area contributed by atoms with Gasteiger partial charge < -0.3 is 15.4 Å². The summed E-state index contributed by atoms with van der Waals surface area (Å²) in [5.74, 6) is 0. The first-order chi connectivity index (χ1) is 9.13. The third-order valence-corrected chi connectivity index (χ3v) is 3.55. The highest BCUT2D eigenvalue weighted by Crippen LogP contribution is 2.10. The molecule has 1 aliphatic carbocycles. The van der Waals surface area contributed by atoms with Crippen LogP contribution in [0.4, 0.5) is 4.79 Å². The molecular formula is C14H25N3O2. The van der Waals surface area contributed by atoms with Crippen LogP contribution in [0, 0.1) is 0 Å². The molecule has 0 spiro atoms. The van der Waals surface area contributed by atoms with Gasteiger partial charge in [-0.25, -0.2) is 4.79 Å². The quantitative estimate of drug-likeness (QED) is 0.750. The van der Waals surface area contributed by atoms with Gasteiger partial charge in [0.1, 0.15) is 0 Å². The fourth-order valence-corrected chi connectivity index (χ4v) is 2.77. The molecule has 0 radical (unpaired) electrons. The first-order valence-electron chi connectivity index (χ1n) is 7.20. The van der Waals surface area contributed by atoms with Crippen molar-refractivity contribution in [2.24, 2.45) is 0 Å². The smallest absolute Gasteiger partial charge is 0.315 e. The van der Waals surface area contributed by atoms with Crippen LogP contribution in [0.25, 0.3) is 0 Å². The van der Waals surface area contributed by atoms with E-state index in [-0.39, 0.29) is 24.3 Å². The minimum absolute atomic E-state index is 0.0527. The number of morpholine rings is 1. The SMILES string of the molecule is C[C@@H]1CN(CCNC(=O)NC2CC=CC2)C[C@@H](C)O1. The van der Waals surface area contributed by atoms with Crippen molar-refractivity contribution < 1.29 is 9.53 Å². The molecule has 1 aliphatic heterocycles. The Morgan fingerprint density at radius 1 is 1.26 bits per heavy atom. The lowest BCUT2D eigenvalue weighted by Gasteiger charge is -2.35. The Hall–Kier alpha value is -1.07. The summed E-state index contributed by atoms with van der Waals surface area (Å²) >= 11 is 0. The molecule has 0 bridgehead atoms. The van der Waals surface area contributed by atoms with E-state index < -0.39 is 0 Å². The maximum Gasteiger partial charge on any atom is 0.315 e. The Kier molecular flexibility index (Phi) is 5.22. The summed E-state index contributed by atoms with van der Waals surface area (Å²) < 4.78 is 5.68. The summed E-state index contributed by atoms with van der Waals surface area (Å²) in [6.07, 6.45) is 6.69. The summed E-state index contributed by atoms with van der Waals surface area (Å²) in [7, 11) is 0. The molecule has 0 aromatic rings. The summed E-state index contributed by atoms with van der Waals surface area (Å²) in [4.78, 5) is 14.0. The lowest BCUT2D eigenvalue weighted by Crippen LogP contribution is -2.49. The highest BCUT2D eigenvalue weighted by Gasteiger charge is 2.21. The van der Waals surface area contributed by atoms with Gasteiger partial charge in [-0.15, -0.1) is 0 Å². The van der Waals surface area contributed by atoms with E-state index in [1.807, 2.05) is 0 Å². The van der Waals surface area contributed by atoms with Gasteiger partial charge in [0.15, 0.2) is 0 Å². The molecule has 19 heavy (non-hydrogen) atoms. The number of ether oxygens (including phenoxy) is 1. The van der Waals surface area contributed by atoms with Crippen LogP contribution in [0.5, 0.6) is 0 Å². The van der Waals surface area contributed by atoms with Crippen molar-refractivity contribution >= 4 is 6.03 Å². The highest BCUT2D eigenvalue weighted by molar-refractivity contribution is 5.74. The third-order valence-electron chi connectivity index (χ3n) is 3.55. The van der Waals surface area contributed by atoms with Gasteiger partial charge in [-0.2, -0.15) is 0 Å². The number of hydrogen-bond donors (Lipinski definition) is 2. The van der Waals surface area contributed by atoms with E-state index in [0.29, 0.717) is 6.54 Å². The molecule has 1 fully saturated rings. The first-order valence-corrected chi connectivity index (χ1v) is 7.20. The van der Waals surface area contributed by atoms with Crippen LogP contribution in [0.1, 0.15) is 26.7 Å². The minimum atomic E-state index is -0.0527. The van der Waals surface area contributed by atoms with Gasteiger partial charge in [0, 0.05) is 32.2 Å². The Morgan fingerprint density at radius 2 is 1.89 bits per heavy atom. The molecular weight excluding hydrogens is 242 g/mol. The second-order valence-electron chi connectivity index (χ2n) is 5.56. The predicted octanol–water partition coefficient (Wildman–Crippen LogP) is 1.11. The van der Waals surface area contributed by atoms with Crippen LogP contribution >= 0.6 is 0 Å². The molecule has 0 saturated carbocycles. The van der Waals surface area contributed by atoms with Gasteiger partial charge in [-0.1, -0.05) is 12.2 Å². The fourth-order valence-electron chi connectivity index (χ4n) is 2.77. The molecule has 2 atom stereocenters. The number of nitrogens with one attached hydrogen (secondary N) is 2. The fraction of sp³-hybridized carbons (Fsp3) is 0.786. The number of hydrogen-bond acceptors (Lipinski definition) is 3. The number of amides is 2. The van der Waals surface area contributed by atoms with E-state index in [2.05, 4.69) is 41.5 Å². The van der Waals surface area contributed by atoms with E-state index >= 15 is 0 Å². The van der Waals surface area contributed by atoms with Crippen molar-refractivity contribution in [2.45, 2.75) is 44.9 Å². The summed E-state index contributed by atoms with van der Waals surface area (Å²) in [5.41, 5.74) is 0. The number of carbonyl (C=O) groups is 1. The molecule has 2 aliphatic rings. The van der Waals surface area contributed by atoms with Crippen molar-refractivity contribution in [1.29, 1.82) is 0 Å². The van der Waals surface area contributed by atoms with E-state index in [9.17, 15) is 4.79 Å². The Bertz CT molecular complexity index is 315. The second kappa shape index (κ2) is 6.91. The van der Waals surface area contributed by atoms with Crippen molar-refractivity contribution in [2.75, 3.05) is 26.2 Å². The Labute approximate surface area is 115 Å². The molecule has 2 amide bonds. The maximum atomic E-state index is 11.7. The minimum Gasteiger partial charge on any atom is -0.373 e. The van der Waals surface area contributed by atoms with Crippen molar-refractivity contribution in [1.82, 2.24) is 15.5 Å². The van der Waals surface area contributed by atoms with Crippen LogP contribution in [-0.4, -0.2) is 55.4 Å². The molecule has 5 nitrogen and oxygen atoms in total. The number of rotatable bonds is 4. The van der Waals surface area contributed by atoms with Gasteiger partial charge in [0.25, 0.3) is 0 Å². The zero-order chi connectivity index (χ0) is 13.7. The molecule has 0 unspecified atom stereocenters. The molecule has 0 aromatic heterocycles. The average Bonchev–Trinajstić information content (AvgIpc) is 2.80. The van der Waals surface area contributed by atoms with E-state index in [1.54, 1.807) is 0 Å². The normalized spacial score (nSPS) is 28.5. The topological polar surface area (TPSA) is 53.6 Å². The van der Waals surface area contributed by atoms with Crippen LogP contribution in [0.3, 0.4) is 0 Å². The summed E-state index contributed by atoms with van der Waals surface area (Å²) in [6.45, 7) is 7.64. The largest absolute Gasteiger partial charge is 0.373 e. The van der Waals surface area contributed by atoms with Gasteiger partial charge in [-0.05, 0) is 26.7 Å². The standard InChI is InChI=1S/C14H25N3O2/c1-11-9-17(10-12(2)19-11)8-7-15-14(18)16-13-5-3-4-6-13/h3-4,11-13H,5-10H2,1-2H3,(H2,15,16,18)/t11-,12-/m1/s1.